The van der Waals surface area contributed by atoms with Gasteiger partial charge in [0.15, 0.2) is 5.52 Å². The standard InChI is InChI=1S/C9H14N5O6P/c1-18-8-6-7(12-9(10)13-8)14(4-11-6)20-3-2-19-5-21(15,16)17/h4H,2-3,5H2,1H3,(H2,10,12,13)(H2,15,16,17). The topological polar surface area (TPSA) is 155 Å². The van der Waals surface area contributed by atoms with Gasteiger partial charge >= 0.3 is 7.60 Å². The fourth-order valence-corrected chi connectivity index (χ4v) is 1.85. The lowest BCUT2D eigenvalue weighted by Crippen LogP contribution is -2.17. The molecule has 2 rings (SSSR count). The fourth-order valence-electron chi connectivity index (χ4n) is 1.49. The highest BCUT2D eigenvalue weighted by Gasteiger charge is 2.14. The van der Waals surface area contributed by atoms with Crippen molar-refractivity contribution in [2.45, 2.75) is 0 Å². The quantitative estimate of drug-likeness (QED) is 0.427. The number of hydrogen-bond donors (Lipinski definition) is 3. The Morgan fingerprint density at radius 2 is 2.14 bits per heavy atom. The molecule has 11 nitrogen and oxygen atoms in total. The molecule has 0 radical (unpaired) electrons. The Balaban J connectivity index is 2.00. The lowest BCUT2D eigenvalue weighted by Gasteiger charge is -2.08. The molecule has 0 unspecified atom stereocenters. The largest absolute Gasteiger partial charge is 0.479 e. The van der Waals surface area contributed by atoms with Gasteiger partial charge in [0, 0.05) is 0 Å². The van der Waals surface area contributed by atoms with Crippen molar-refractivity contribution in [3.8, 4) is 5.88 Å². The molecule has 0 fully saturated rings. The number of nitrogen functional groups attached to an aromatic ring is 1. The third-order valence-corrected chi connectivity index (χ3v) is 2.78. The van der Waals surface area contributed by atoms with Crippen molar-refractivity contribution in [3.05, 3.63) is 6.33 Å². The maximum atomic E-state index is 10.6. The second-order valence-electron chi connectivity index (χ2n) is 3.87. The fraction of sp³-hybridized carbons (Fsp3) is 0.444. The van der Waals surface area contributed by atoms with E-state index in [-0.39, 0.29) is 25.0 Å². The van der Waals surface area contributed by atoms with Gasteiger partial charge in [-0.3, -0.25) is 4.57 Å². The zero-order valence-corrected chi connectivity index (χ0v) is 11.9. The molecule has 0 saturated carbocycles. The minimum atomic E-state index is -4.17. The summed E-state index contributed by atoms with van der Waals surface area (Å²) in [6.07, 6.45) is 0.689. The summed E-state index contributed by atoms with van der Waals surface area (Å²) in [6, 6.07) is 0. The van der Waals surface area contributed by atoms with Gasteiger partial charge in [-0.25, -0.2) is 4.98 Å². The average molecular weight is 319 g/mol. The van der Waals surface area contributed by atoms with Gasteiger partial charge in [-0.15, -0.1) is 0 Å². The molecule has 0 atom stereocenters. The third kappa shape index (κ3) is 4.02. The van der Waals surface area contributed by atoms with Crippen LogP contribution in [0.25, 0.3) is 11.2 Å². The summed E-state index contributed by atoms with van der Waals surface area (Å²) in [5.41, 5.74) is 6.23. The smallest absolute Gasteiger partial charge is 0.350 e. The number of ether oxygens (including phenoxy) is 2. The normalized spacial score (nSPS) is 11.8. The van der Waals surface area contributed by atoms with Gasteiger partial charge < -0.3 is 29.8 Å². The molecule has 0 aliphatic carbocycles. The lowest BCUT2D eigenvalue weighted by molar-refractivity contribution is 0.0522. The molecule has 0 aliphatic heterocycles. The minimum absolute atomic E-state index is 0.00227. The Morgan fingerprint density at radius 1 is 1.38 bits per heavy atom. The number of anilines is 1. The van der Waals surface area contributed by atoms with Crippen molar-refractivity contribution >= 4 is 24.7 Å². The summed E-state index contributed by atoms with van der Waals surface area (Å²) < 4.78 is 21.6. The highest BCUT2D eigenvalue weighted by atomic mass is 31.2. The molecule has 2 aromatic rings. The molecular formula is C9H14N5O6P. The molecule has 2 heterocycles. The van der Waals surface area contributed by atoms with Crippen molar-refractivity contribution < 1.29 is 28.7 Å². The van der Waals surface area contributed by atoms with Crippen LogP contribution in [0, 0.1) is 0 Å². The monoisotopic (exact) mass is 319 g/mol. The summed E-state index contributed by atoms with van der Waals surface area (Å²) in [6.45, 7) is 0.0279. The zero-order chi connectivity index (χ0) is 15.5. The number of nitrogens with zero attached hydrogens (tertiary/aromatic N) is 4. The van der Waals surface area contributed by atoms with E-state index in [0.717, 1.165) is 0 Å². The molecule has 12 heteroatoms. The van der Waals surface area contributed by atoms with Gasteiger partial charge in [-0.1, -0.05) is 0 Å². The molecule has 0 spiro atoms. The number of hydrogen-bond acceptors (Lipinski definition) is 8. The average Bonchev–Trinajstić information content (AvgIpc) is 2.79. The van der Waals surface area contributed by atoms with Crippen LogP contribution in [0.3, 0.4) is 0 Å². The Hall–Kier alpha value is -1.94. The third-order valence-electron chi connectivity index (χ3n) is 2.26. The van der Waals surface area contributed by atoms with Crippen molar-refractivity contribution in [2.75, 3.05) is 32.4 Å². The summed E-state index contributed by atoms with van der Waals surface area (Å²) in [7, 11) is -2.75. The molecule has 4 N–H and O–H groups in total. The molecular weight excluding hydrogens is 305 g/mol. The van der Waals surface area contributed by atoms with E-state index >= 15 is 0 Å². The molecule has 0 saturated heterocycles. The van der Waals surface area contributed by atoms with Crippen LogP contribution < -0.4 is 15.3 Å². The van der Waals surface area contributed by atoms with Crippen LogP contribution in [-0.2, 0) is 9.30 Å². The van der Waals surface area contributed by atoms with Crippen LogP contribution >= 0.6 is 7.60 Å². The van der Waals surface area contributed by atoms with Gasteiger partial charge in [-0.05, 0) is 0 Å². The number of aromatic nitrogens is 4. The molecule has 0 aromatic carbocycles. The molecule has 21 heavy (non-hydrogen) atoms. The van der Waals surface area contributed by atoms with E-state index in [1.54, 1.807) is 0 Å². The molecule has 0 amide bonds. The van der Waals surface area contributed by atoms with E-state index in [4.69, 9.17) is 29.8 Å². The maximum absolute atomic E-state index is 10.6. The molecule has 2 aromatic heterocycles. The van der Waals surface area contributed by atoms with Crippen molar-refractivity contribution in [1.82, 2.24) is 19.7 Å². The highest BCUT2D eigenvalue weighted by molar-refractivity contribution is 7.51. The number of imidazole rings is 1. The van der Waals surface area contributed by atoms with E-state index in [1.165, 1.54) is 18.2 Å². The van der Waals surface area contributed by atoms with Crippen molar-refractivity contribution in [3.63, 3.8) is 0 Å². The van der Waals surface area contributed by atoms with E-state index in [1.807, 2.05) is 0 Å². The first kappa shape index (κ1) is 15.4. The highest BCUT2D eigenvalue weighted by Crippen LogP contribution is 2.33. The summed E-state index contributed by atoms with van der Waals surface area (Å²) >= 11 is 0. The van der Waals surface area contributed by atoms with Crippen LogP contribution in [0.4, 0.5) is 5.95 Å². The zero-order valence-electron chi connectivity index (χ0n) is 11.0. The van der Waals surface area contributed by atoms with Gasteiger partial charge in [0.05, 0.1) is 13.7 Å². The number of fused-ring (bicyclic) bond motifs is 1. The first-order valence-corrected chi connectivity index (χ1v) is 7.50. The first-order valence-electron chi connectivity index (χ1n) is 5.71. The van der Waals surface area contributed by atoms with E-state index in [9.17, 15) is 4.57 Å². The Kier molecular flexibility index (Phi) is 4.58. The molecule has 0 bridgehead atoms. The van der Waals surface area contributed by atoms with Crippen molar-refractivity contribution in [1.29, 1.82) is 0 Å². The van der Waals surface area contributed by atoms with Crippen LogP contribution in [0.5, 0.6) is 5.88 Å². The molecule has 116 valence electrons. The van der Waals surface area contributed by atoms with Gasteiger partial charge in [0.2, 0.25) is 17.5 Å². The van der Waals surface area contributed by atoms with Crippen molar-refractivity contribution in [2.24, 2.45) is 0 Å². The van der Waals surface area contributed by atoms with Gasteiger partial charge in [0.1, 0.15) is 19.3 Å². The number of methoxy groups -OCH3 is 1. The first-order chi connectivity index (χ1) is 9.90. The lowest BCUT2D eigenvalue weighted by atomic mass is 10.5. The van der Waals surface area contributed by atoms with Gasteiger partial charge in [-0.2, -0.15) is 14.7 Å². The van der Waals surface area contributed by atoms with E-state index in [0.29, 0.717) is 11.2 Å². The van der Waals surface area contributed by atoms with Crippen LogP contribution in [0.2, 0.25) is 0 Å². The van der Waals surface area contributed by atoms with Crippen LogP contribution in [0.15, 0.2) is 6.33 Å². The Bertz CT molecular complexity index is 670. The van der Waals surface area contributed by atoms with E-state index < -0.39 is 13.9 Å². The summed E-state index contributed by atoms with van der Waals surface area (Å²) in [4.78, 5) is 34.4. The van der Waals surface area contributed by atoms with Crippen LogP contribution in [0.1, 0.15) is 0 Å². The molecule has 0 aliphatic rings. The summed E-state index contributed by atoms with van der Waals surface area (Å²) in [5, 5.41) is 0. The predicted octanol–water partition coefficient (Wildman–Crippen LogP) is -1.00. The number of nitrogens with two attached hydrogens (primary N) is 1. The van der Waals surface area contributed by atoms with Crippen LogP contribution in [-0.4, -0.2) is 56.1 Å². The van der Waals surface area contributed by atoms with E-state index in [2.05, 4.69) is 15.0 Å². The van der Waals surface area contributed by atoms with Gasteiger partial charge in [0.25, 0.3) is 0 Å². The number of rotatable bonds is 7. The maximum Gasteiger partial charge on any atom is 0.350 e. The SMILES string of the molecule is COc1nc(N)nc2c1ncn2OCCOCP(=O)(O)O. The predicted molar refractivity (Wildman–Crippen MR) is 70.6 cm³/mol. The Labute approximate surface area is 118 Å². The minimum Gasteiger partial charge on any atom is -0.479 e. The Morgan fingerprint density at radius 3 is 2.81 bits per heavy atom. The second-order valence-corrected chi connectivity index (χ2v) is 5.46. The second kappa shape index (κ2) is 6.22. The summed E-state index contributed by atoms with van der Waals surface area (Å²) in [5.74, 6) is 0.222.